The van der Waals surface area contributed by atoms with Gasteiger partial charge in [-0.2, -0.15) is 0 Å². The van der Waals surface area contributed by atoms with Crippen molar-refractivity contribution in [2.24, 2.45) is 0 Å². The molecule has 1 saturated heterocycles. The molecule has 0 amide bonds. The molecule has 2 rings (SSSR count). The number of aromatic carboxylic acids is 1. The first-order valence-electron chi connectivity index (χ1n) is 7.99. The number of nitrogens with one attached hydrogen (secondary N) is 1. The van der Waals surface area contributed by atoms with Gasteiger partial charge in [0.2, 0.25) is 10.0 Å². The molecule has 0 radical (unpaired) electrons. The van der Waals surface area contributed by atoms with Gasteiger partial charge in [0, 0.05) is 19.1 Å². The summed E-state index contributed by atoms with van der Waals surface area (Å²) in [6.45, 7) is 5.27. The average molecular weight is 340 g/mol. The number of benzene rings is 1. The Balaban J connectivity index is 2.48. The minimum Gasteiger partial charge on any atom is -0.478 e. The van der Waals surface area contributed by atoms with Crippen LogP contribution in [0.15, 0.2) is 23.1 Å². The largest absolute Gasteiger partial charge is 0.478 e. The molecule has 0 aliphatic carbocycles. The van der Waals surface area contributed by atoms with Crippen LogP contribution >= 0.6 is 0 Å². The van der Waals surface area contributed by atoms with Crippen LogP contribution in [-0.4, -0.2) is 38.6 Å². The molecule has 128 valence electrons. The van der Waals surface area contributed by atoms with Gasteiger partial charge in [0.25, 0.3) is 0 Å². The van der Waals surface area contributed by atoms with Gasteiger partial charge in [0.05, 0.1) is 11.3 Å². The van der Waals surface area contributed by atoms with Crippen LogP contribution in [0.4, 0.5) is 5.69 Å². The Labute approximate surface area is 137 Å². The summed E-state index contributed by atoms with van der Waals surface area (Å²) in [5.74, 6) is -1.13. The smallest absolute Gasteiger partial charge is 0.335 e. The molecule has 6 nitrogen and oxygen atoms in total. The second-order valence-corrected chi connectivity index (χ2v) is 7.65. The van der Waals surface area contributed by atoms with Gasteiger partial charge in [-0.05, 0) is 50.8 Å². The number of piperidine rings is 1. The zero-order valence-electron chi connectivity index (χ0n) is 13.6. The lowest BCUT2D eigenvalue weighted by Crippen LogP contribution is -2.35. The Kier molecular flexibility index (Phi) is 5.64. The van der Waals surface area contributed by atoms with E-state index in [4.69, 9.17) is 0 Å². The van der Waals surface area contributed by atoms with Crippen molar-refractivity contribution < 1.29 is 18.3 Å². The third-order valence-corrected chi connectivity index (χ3v) is 5.78. The number of nitrogens with zero attached hydrogens (tertiary/aromatic N) is 1. The van der Waals surface area contributed by atoms with Crippen LogP contribution < -0.4 is 9.62 Å². The normalized spacial score (nSPS) is 17.0. The summed E-state index contributed by atoms with van der Waals surface area (Å²) in [5.41, 5.74) is 0.570. The predicted octanol–water partition coefficient (Wildman–Crippen LogP) is 2.45. The fourth-order valence-electron chi connectivity index (χ4n) is 2.67. The lowest BCUT2D eigenvalue weighted by Gasteiger charge is -2.30. The van der Waals surface area contributed by atoms with Gasteiger partial charge in [-0.15, -0.1) is 0 Å². The molecule has 1 atom stereocenters. The van der Waals surface area contributed by atoms with Gasteiger partial charge in [0.1, 0.15) is 4.90 Å². The first kappa shape index (κ1) is 17.7. The molecule has 1 aliphatic rings. The van der Waals surface area contributed by atoms with Crippen LogP contribution in [0.2, 0.25) is 0 Å². The third kappa shape index (κ3) is 4.23. The number of carbonyl (C=O) groups is 1. The summed E-state index contributed by atoms with van der Waals surface area (Å²) in [6.07, 6.45) is 3.83. The van der Waals surface area contributed by atoms with Crippen molar-refractivity contribution in [3.05, 3.63) is 23.8 Å². The number of hydrogen-bond acceptors (Lipinski definition) is 4. The maximum atomic E-state index is 12.7. The van der Waals surface area contributed by atoms with E-state index >= 15 is 0 Å². The summed E-state index contributed by atoms with van der Waals surface area (Å²) < 4.78 is 28.0. The van der Waals surface area contributed by atoms with Crippen molar-refractivity contribution in [2.45, 2.75) is 50.5 Å². The standard InChI is InChI=1S/C16H24N2O4S/c1-3-12(2)17-23(21,22)15-11-13(16(19)20)7-8-14(15)18-9-5-4-6-10-18/h7-8,11-12,17H,3-6,9-10H2,1-2H3,(H,19,20)/t12-/m1/s1. The molecule has 1 heterocycles. The van der Waals surface area contributed by atoms with E-state index in [1.54, 1.807) is 13.0 Å². The molecule has 7 heteroatoms. The summed E-state index contributed by atoms with van der Waals surface area (Å²) in [4.78, 5) is 13.3. The highest BCUT2D eigenvalue weighted by molar-refractivity contribution is 7.89. The van der Waals surface area contributed by atoms with E-state index in [0.29, 0.717) is 12.1 Å². The second kappa shape index (κ2) is 7.31. The lowest BCUT2D eigenvalue weighted by atomic mass is 10.1. The average Bonchev–Trinajstić information content (AvgIpc) is 2.54. The van der Waals surface area contributed by atoms with E-state index in [0.717, 1.165) is 32.4 Å². The Bertz CT molecular complexity index is 667. The Hall–Kier alpha value is -1.60. The Morgan fingerprint density at radius 1 is 1.30 bits per heavy atom. The van der Waals surface area contributed by atoms with E-state index in [1.807, 2.05) is 11.8 Å². The molecule has 23 heavy (non-hydrogen) atoms. The SMILES string of the molecule is CC[C@@H](C)NS(=O)(=O)c1cc(C(=O)O)ccc1N1CCCCC1. The van der Waals surface area contributed by atoms with Crippen molar-refractivity contribution in [1.82, 2.24) is 4.72 Å². The monoisotopic (exact) mass is 340 g/mol. The quantitative estimate of drug-likeness (QED) is 0.831. The third-order valence-electron chi connectivity index (χ3n) is 4.16. The first-order valence-corrected chi connectivity index (χ1v) is 9.48. The minimum atomic E-state index is -3.76. The highest BCUT2D eigenvalue weighted by atomic mass is 32.2. The molecular weight excluding hydrogens is 316 g/mol. The molecule has 1 aromatic rings. The molecule has 0 unspecified atom stereocenters. The van der Waals surface area contributed by atoms with Crippen LogP contribution in [0.3, 0.4) is 0 Å². The van der Waals surface area contributed by atoms with E-state index in [9.17, 15) is 18.3 Å². The lowest BCUT2D eigenvalue weighted by molar-refractivity contribution is 0.0696. The highest BCUT2D eigenvalue weighted by Crippen LogP contribution is 2.29. The molecule has 1 aromatic carbocycles. The summed E-state index contributed by atoms with van der Waals surface area (Å²) in [6, 6.07) is 4.13. The van der Waals surface area contributed by atoms with Crippen LogP contribution in [0.1, 0.15) is 49.9 Å². The molecule has 1 aliphatic heterocycles. The number of anilines is 1. The Morgan fingerprint density at radius 2 is 1.96 bits per heavy atom. The van der Waals surface area contributed by atoms with Crippen LogP contribution in [0, 0.1) is 0 Å². The molecule has 0 bridgehead atoms. The topological polar surface area (TPSA) is 86.7 Å². The second-order valence-electron chi connectivity index (χ2n) is 5.97. The van der Waals surface area contributed by atoms with Crippen LogP contribution in [0.5, 0.6) is 0 Å². The van der Waals surface area contributed by atoms with Crippen molar-refractivity contribution in [1.29, 1.82) is 0 Å². The van der Waals surface area contributed by atoms with Crippen molar-refractivity contribution in [3.8, 4) is 0 Å². The molecule has 1 fully saturated rings. The van der Waals surface area contributed by atoms with Gasteiger partial charge in [-0.1, -0.05) is 6.92 Å². The van der Waals surface area contributed by atoms with E-state index in [1.165, 1.54) is 12.1 Å². The maximum absolute atomic E-state index is 12.7. The first-order chi connectivity index (χ1) is 10.8. The summed E-state index contributed by atoms with van der Waals surface area (Å²) >= 11 is 0. The van der Waals surface area contributed by atoms with Crippen LogP contribution in [0.25, 0.3) is 0 Å². The Morgan fingerprint density at radius 3 is 2.52 bits per heavy atom. The fourth-order valence-corrected chi connectivity index (χ4v) is 4.25. The van der Waals surface area contributed by atoms with E-state index in [-0.39, 0.29) is 16.5 Å². The molecule has 0 aromatic heterocycles. The highest BCUT2D eigenvalue weighted by Gasteiger charge is 2.25. The van der Waals surface area contributed by atoms with Gasteiger partial charge >= 0.3 is 5.97 Å². The summed E-state index contributed by atoms with van der Waals surface area (Å²) in [5, 5.41) is 9.18. The van der Waals surface area contributed by atoms with Crippen molar-refractivity contribution in [2.75, 3.05) is 18.0 Å². The van der Waals surface area contributed by atoms with E-state index in [2.05, 4.69) is 4.72 Å². The fraction of sp³-hybridized carbons (Fsp3) is 0.562. The van der Waals surface area contributed by atoms with Crippen molar-refractivity contribution >= 4 is 21.7 Å². The number of carboxylic acids is 1. The molecular formula is C16H24N2O4S. The van der Waals surface area contributed by atoms with Gasteiger partial charge < -0.3 is 10.0 Å². The molecule has 2 N–H and O–H groups in total. The predicted molar refractivity (Wildman–Crippen MR) is 89.5 cm³/mol. The van der Waals surface area contributed by atoms with Gasteiger partial charge in [-0.3, -0.25) is 0 Å². The zero-order chi connectivity index (χ0) is 17.0. The number of hydrogen-bond donors (Lipinski definition) is 2. The van der Waals surface area contributed by atoms with Gasteiger partial charge in [0.15, 0.2) is 0 Å². The maximum Gasteiger partial charge on any atom is 0.335 e. The minimum absolute atomic E-state index is 0.0183. The van der Waals surface area contributed by atoms with Gasteiger partial charge in [-0.25, -0.2) is 17.9 Å². The zero-order valence-corrected chi connectivity index (χ0v) is 14.4. The molecule has 0 spiro atoms. The number of rotatable bonds is 6. The van der Waals surface area contributed by atoms with E-state index < -0.39 is 16.0 Å². The summed E-state index contributed by atoms with van der Waals surface area (Å²) in [7, 11) is -3.76. The van der Waals surface area contributed by atoms with Crippen molar-refractivity contribution in [3.63, 3.8) is 0 Å². The number of sulfonamides is 1. The number of carboxylic acid groups (broad SMARTS) is 1. The molecule has 0 saturated carbocycles. The van der Waals surface area contributed by atoms with Crippen LogP contribution in [-0.2, 0) is 10.0 Å².